The van der Waals surface area contributed by atoms with Crippen LogP contribution in [0, 0.1) is 0 Å². The summed E-state index contributed by atoms with van der Waals surface area (Å²) in [4.78, 5) is 11.9. The van der Waals surface area contributed by atoms with E-state index >= 15 is 0 Å². The number of allylic oxidation sites excluding steroid dienone is 1. The number of hydrazone groups is 1. The maximum atomic E-state index is 11.9. The average molecular weight is 307 g/mol. The van der Waals surface area contributed by atoms with Gasteiger partial charge in [0.1, 0.15) is 5.76 Å². The Bertz CT molecular complexity index is 818. The third-order valence-corrected chi connectivity index (χ3v) is 2.93. The number of aromatic nitrogens is 1. The summed E-state index contributed by atoms with van der Waals surface area (Å²) in [6.45, 7) is 0. The Labute approximate surface area is 132 Å². The van der Waals surface area contributed by atoms with Crippen molar-refractivity contribution in [2.24, 2.45) is 5.10 Å². The van der Waals surface area contributed by atoms with Gasteiger partial charge in [0, 0.05) is 17.8 Å². The molecule has 0 unspecified atom stereocenters. The van der Waals surface area contributed by atoms with Crippen LogP contribution in [-0.4, -0.2) is 17.3 Å². The van der Waals surface area contributed by atoms with Gasteiger partial charge in [0.25, 0.3) is 5.91 Å². The Morgan fingerprint density at radius 3 is 2.83 bits per heavy atom. The first-order valence-electron chi connectivity index (χ1n) is 6.88. The monoisotopic (exact) mass is 307 g/mol. The maximum absolute atomic E-state index is 11.9. The molecule has 0 aliphatic rings. The normalized spacial score (nSPS) is 11.3. The number of nitrogens with one attached hydrogen (secondary N) is 1. The fourth-order valence-electron chi connectivity index (χ4n) is 1.84. The van der Waals surface area contributed by atoms with Gasteiger partial charge in [-0.3, -0.25) is 4.79 Å². The SMILES string of the molecule is O=C(NN=CC=Cc1ccco1)c1cc(-c2ccccc2)on1. The number of benzene rings is 1. The lowest BCUT2D eigenvalue weighted by Crippen LogP contribution is -2.17. The summed E-state index contributed by atoms with van der Waals surface area (Å²) >= 11 is 0. The Kier molecular flexibility index (Phi) is 4.44. The molecule has 3 rings (SSSR count). The lowest BCUT2D eigenvalue weighted by atomic mass is 10.1. The van der Waals surface area contributed by atoms with E-state index in [0.29, 0.717) is 11.5 Å². The van der Waals surface area contributed by atoms with Crippen LogP contribution in [0.4, 0.5) is 0 Å². The second kappa shape index (κ2) is 7.04. The fraction of sp³-hybridized carbons (Fsp3) is 0. The molecule has 0 aliphatic carbocycles. The molecule has 6 heteroatoms. The van der Waals surface area contributed by atoms with E-state index in [4.69, 9.17) is 8.94 Å². The number of hydrogen-bond donors (Lipinski definition) is 1. The van der Waals surface area contributed by atoms with Crippen molar-refractivity contribution in [2.75, 3.05) is 0 Å². The van der Waals surface area contributed by atoms with Crippen molar-refractivity contribution in [2.45, 2.75) is 0 Å². The molecule has 6 nitrogen and oxygen atoms in total. The van der Waals surface area contributed by atoms with Gasteiger partial charge < -0.3 is 8.94 Å². The number of carbonyl (C=O) groups excluding carboxylic acids is 1. The molecule has 0 bridgehead atoms. The second-order valence-corrected chi connectivity index (χ2v) is 4.54. The Hall–Kier alpha value is -3.41. The molecule has 1 aromatic carbocycles. The first kappa shape index (κ1) is 14.5. The summed E-state index contributed by atoms with van der Waals surface area (Å²) in [6.07, 6.45) is 6.39. The van der Waals surface area contributed by atoms with Gasteiger partial charge in [-0.25, -0.2) is 5.43 Å². The lowest BCUT2D eigenvalue weighted by Gasteiger charge is -1.92. The molecule has 0 saturated carbocycles. The molecule has 0 atom stereocenters. The third kappa shape index (κ3) is 3.82. The lowest BCUT2D eigenvalue weighted by molar-refractivity contribution is 0.0946. The molecule has 1 N–H and O–H groups in total. The van der Waals surface area contributed by atoms with Crippen LogP contribution in [0.1, 0.15) is 16.2 Å². The number of hydrogen-bond acceptors (Lipinski definition) is 5. The van der Waals surface area contributed by atoms with Gasteiger partial charge in [-0.1, -0.05) is 35.5 Å². The van der Waals surface area contributed by atoms with Crippen molar-refractivity contribution >= 4 is 18.2 Å². The Morgan fingerprint density at radius 2 is 2.04 bits per heavy atom. The third-order valence-electron chi connectivity index (χ3n) is 2.93. The molecule has 0 aliphatic heterocycles. The maximum Gasteiger partial charge on any atom is 0.293 e. The predicted molar refractivity (Wildman–Crippen MR) is 85.6 cm³/mol. The molecule has 2 heterocycles. The summed E-state index contributed by atoms with van der Waals surface area (Å²) in [5.74, 6) is 0.780. The molecule has 0 radical (unpaired) electrons. The van der Waals surface area contributed by atoms with Crippen LogP contribution >= 0.6 is 0 Å². The molecule has 1 amide bonds. The molecule has 0 fully saturated rings. The highest BCUT2D eigenvalue weighted by Gasteiger charge is 2.12. The summed E-state index contributed by atoms with van der Waals surface area (Å²) < 4.78 is 10.3. The molecule has 3 aromatic rings. The number of carbonyl (C=O) groups is 1. The molecular weight excluding hydrogens is 294 g/mol. The van der Waals surface area contributed by atoms with Gasteiger partial charge in [0.2, 0.25) is 0 Å². The van der Waals surface area contributed by atoms with E-state index in [1.165, 1.54) is 6.21 Å². The number of rotatable bonds is 5. The summed E-state index contributed by atoms with van der Waals surface area (Å²) in [5.41, 5.74) is 3.38. The molecular formula is C17H13N3O3. The van der Waals surface area contributed by atoms with E-state index in [1.807, 2.05) is 36.4 Å². The number of furan rings is 1. The number of nitrogens with zero attached hydrogens (tertiary/aromatic N) is 2. The fourth-order valence-corrected chi connectivity index (χ4v) is 1.84. The smallest absolute Gasteiger partial charge is 0.293 e. The molecule has 2 aromatic heterocycles. The zero-order chi connectivity index (χ0) is 15.9. The molecule has 0 spiro atoms. The van der Waals surface area contributed by atoms with Gasteiger partial charge in [-0.15, -0.1) is 0 Å². The zero-order valence-electron chi connectivity index (χ0n) is 12.0. The quantitative estimate of drug-likeness (QED) is 0.579. The first-order chi connectivity index (χ1) is 11.3. The minimum atomic E-state index is -0.446. The largest absolute Gasteiger partial charge is 0.465 e. The Morgan fingerprint density at radius 1 is 1.17 bits per heavy atom. The van der Waals surface area contributed by atoms with Crippen LogP contribution in [0.3, 0.4) is 0 Å². The van der Waals surface area contributed by atoms with Gasteiger partial charge in [-0.05, 0) is 24.3 Å². The summed E-state index contributed by atoms with van der Waals surface area (Å²) in [7, 11) is 0. The second-order valence-electron chi connectivity index (χ2n) is 4.54. The van der Waals surface area contributed by atoms with E-state index in [2.05, 4.69) is 15.7 Å². The molecule has 0 saturated heterocycles. The number of amides is 1. The molecule has 114 valence electrons. The highest BCUT2D eigenvalue weighted by Crippen LogP contribution is 2.19. The zero-order valence-corrected chi connectivity index (χ0v) is 12.0. The van der Waals surface area contributed by atoms with Crippen molar-refractivity contribution < 1.29 is 13.7 Å². The minimum Gasteiger partial charge on any atom is -0.465 e. The van der Waals surface area contributed by atoms with Crippen molar-refractivity contribution in [3.63, 3.8) is 0 Å². The molecule has 23 heavy (non-hydrogen) atoms. The Balaban J connectivity index is 1.57. The van der Waals surface area contributed by atoms with Crippen LogP contribution in [0.2, 0.25) is 0 Å². The van der Waals surface area contributed by atoms with Crippen LogP contribution in [0.15, 0.2) is 74.9 Å². The highest BCUT2D eigenvalue weighted by molar-refractivity contribution is 5.93. The van der Waals surface area contributed by atoms with E-state index in [0.717, 1.165) is 5.56 Å². The van der Waals surface area contributed by atoms with Gasteiger partial charge in [0.05, 0.1) is 6.26 Å². The summed E-state index contributed by atoms with van der Waals surface area (Å²) in [6, 6.07) is 14.6. The van der Waals surface area contributed by atoms with Crippen LogP contribution < -0.4 is 5.43 Å². The van der Waals surface area contributed by atoms with Crippen molar-refractivity contribution in [3.8, 4) is 11.3 Å². The van der Waals surface area contributed by atoms with E-state index in [-0.39, 0.29) is 5.69 Å². The van der Waals surface area contributed by atoms with Crippen LogP contribution in [0.5, 0.6) is 0 Å². The van der Waals surface area contributed by atoms with Gasteiger partial charge >= 0.3 is 0 Å². The average Bonchev–Trinajstić information content (AvgIpc) is 3.27. The summed E-state index contributed by atoms with van der Waals surface area (Å²) in [5, 5.41) is 7.53. The van der Waals surface area contributed by atoms with Crippen molar-refractivity contribution in [3.05, 3.63) is 72.3 Å². The minimum absolute atomic E-state index is 0.163. The highest BCUT2D eigenvalue weighted by atomic mass is 16.5. The topological polar surface area (TPSA) is 80.6 Å². The van der Waals surface area contributed by atoms with E-state index in [1.54, 1.807) is 30.5 Å². The van der Waals surface area contributed by atoms with Crippen molar-refractivity contribution in [1.29, 1.82) is 0 Å². The first-order valence-corrected chi connectivity index (χ1v) is 6.88. The van der Waals surface area contributed by atoms with E-state index < -0.39 is 5.91 Å². The standard InChI is InChI=1S/C17H13N3O3/c21-17(19-18-10-4-8-14-9-5-11-22-14)15-12-16(23-20-15)13-6-2-1-3-7-13/h1-12H,(H,19,21). The van der Waals surface area contributed by atoms with Gasteiger partial charge in [-0.2, -0.15) is 5.10 Å². The van der Waals surface area contributed by atoms with E-state index in [9.17, 15) is 4.79 Å². The van der Waals surface area contributed by atoms with Crippen LogP contribution in [0.25, 0.3) is 17.4 Å². The van der Waals surface area contributed by atoms with Crippen molar-refractivity contribution in [1.82, 2.24) is 10.6 Å². The van der Waals surface area contributed by atoms with Gasteiger partial charge in [0.15, 0.2) is 11.5 Å². The van der Waals surface area contributed by atoms with Crippen LogP contribution in [-0.2, 0) is 0 Å². The predicted octanol–water partition coefficient (Wildman–Crippen LogP) is 3.36.